The predicted molar refractivity (Wildman–Crippen MR) is 64.6 cm³/mol. The summed E-state index contributed by atoms with van der Waals surface area (Å²) in [5, 5.41) is 8.87. The largest absolute Gasteiger partial charge is 0.481 e. The van der Waals surface area contributed by atoms with Crippen molar-refractivity contribution >= 4 is 11.9 Å². The molecular weight excluding hydrogens is 222 g/mol. The first-order chi connectivity index (χ1) is 7.95. The van der Waals surface area contributed by atoms with Crippen molar-refractivity contribution in [1.29, 1.82) is 0 Å². The second-order valence-electron chi connectivity index (χ2n) is 3.98. The standard InChI is InChI=1S/C12H21NO4/c1-5-6-13(7-8-17-4)11(14)9(2)10(3)12(15)16/h5,9-10H,1,6-8H2,2-4H3,(H,15,16). The SMILES string of the molecule is C=CCN(CCOC)C(=O)C(C)C(C)C(=O)O. The smallest absolute Gasteiger partial charge is 0.307 e. The second-order valence-corrected chi connectivity index (χ2v) is 3.98. The van der Waals surface area contributed by atoms with Crippen molar-refractivity contribution in [3.63, 3.8) is 0 Å². The summed E-state index contributed by atoms with van der Waals surface area (Å²) < 4.78 is 4.91. The van der Waals surface area contributed by atoms with Crippen molar-refractivity contribution in [2.75, 3.05) is 26.8 Å². The Kier molecular flexibility index (Phi) is 7.21. The second kappa shape index (κ2) is 7.84. The first-order valence-electron chi connectivity index (χ1n) is 5.57. The summed E-state index contributed by atoms with van der Waals surface area (Å²) in [5.74, 6) is -2.39. The number of carbonyl (C=O) groups excluding carboxylic acids is 1. The number of aliphatic carboxylic acids is 1. The number of carboxylic acids is 1. The summed E-state index contributed by atoms with van der Waals surface area (Å²) in [6.07, 6.45) is 1.62. The first kappa shape index (κ1) is 15.6. The number of carboxylic acid groups (broad SMARTS) is 1. The molecule has 0 bridgehead atoms. The molecule has 0 fully saturated rings. The van der Waals surface area contributed by atoms with Gasteiger partial charge in [0.25, 0.3) is 0 Å². The van der Waals surface area contributed by atoms with Gasteiger partial charge in [0.15, 0.2) is 0 Å². The molecule has 2 unspecified atom stereocenters. The van der Waals surface area contributed by atoms with Crippen LogP contribution < -0.4 is 0 Å². The molecule has 5 heteroatoms. The van der Waals surface area contributed by atoms with Gasteiger partial charge in [0.05, 0.1) is 12.5 Å². The number of hydrogen-bond donors (Lipinski definition) is 1. The Morgan fingerprint density at radius 1 is 1.41 bits per heavy atom. The molecule has 0 aromatic heterocycles. The quantitative estimate of drug-likeness (QED) is 0.646. The van der Waals surface area contributed by atoms with Crippen LogP contribution >= 0.6 is 0 Å². The molecule has 1 N–H and O–H groups in total. The van der Waals surface area contributed by atoms with Crippen LogP contribution in [0.15, 0.2) is 12.7 Å². The van der Waals surface area contributed by atoms with Gasteiger partial charge in [-0.3, -0.25) is 9.59 Å². The average Bonchev–Trinajstić information content (AvgIpc) is 2.31. The molecule has 2 atom stereocenters. The molecule has 0 spiro atoms. The molecule has 0 radical (unpaired) electrons. The van der Waals surface area contributed by atoms with Crippen molar-refractivity contribution < 1.29 is 19.4 Å². The Morgan fingerprint density at radius 2 is 2.00 bits per heavy atom. The zero-order valence-corrected chi connectivity index (χ0v) is 10.7. The molecule has 98 valence electrons. The van der Waals surface area contributed by atoms with Crippen LogP contribution in [0.1, 0.15) is 13.8 Å². The van der Waals surface area contributed by atoms with Crippen molar-refractivity contribution in [3.8, 4) is 0 Å². The Labute approximate surface area is 102 Å². The van der Waals surface area contributed by atoms with Crippen LogP contribution in [0, 0.1) is 11.8 Å². The van der Waals surface area contributed by atoms with E-state index < -0.39 is 17.8 Å². The van der Waals surface area contributed by atoms with E-state index in [1.54, 1.807) is 25.0 Å². The molecule has 0 aliphatic heterocycles. The van der Waals surface area contributed by atoms with Gasteiger partial charge in [-0.05, 0) is 0 Å². The molecule has 0 heterocycles. The van der Waals surface area contributed by atoms with Gasteiger partial charge in [-0.1, -0.05) is 19.9 Å². The number of amides is 1. The number of ether oxygens (including phenoxy) is 1. The fraction of sp³-hybridized carbons (Fsp3) is 0.667. The topological polar surface area (TPSA) is 66.8 Å². The molecule has 5 nitrogen and oxygen atoms in total. The molecule has 0 saturated carbocycles. The molecular formula is C12H21NO4. The maximum atomic E-state index is 12.0. The summed E-state index contributed by atoms with van der Waals surface area (Å²) >= 11 is 0. The van der Waals surface area contributed by atoms with Gasteiger partial charge in [0.2, 0.25) is 5.91 Å². The molecule has 1 amide bonds. The Bertz CT molecular complexity index is 278. The van der Waals surface area contributed by atoms with Crippen molar-refractivity contribution in [1.82, 2.24) is 4.90 Å². The van der Waals surface area contributed by atoms with E-state index in [-0.39, 0.29) is 5.91 Å². The summed E-state index contributed by atoms with van der Waals surface area (Å²) in [6, 6.07) is 0. The van der Waals surface area contributed by atoms with Crippen LogP contribution in [-0.4, -0.2) is 48.7 Å². The van der Waals surface area contributed by atoms with Crippen LogP contribution in [0.4, 0.5) is 0 Å². The lowest BCUT2D eigenvalue weighted by Gasteiger charge is -2.26. The summed E-state index contributed by atoms with van der Waals surface area (Å²) in [7, 11) is 1.56. The maximum Gasteiger partial charge on any atom is 0.307 e. The third kappa shape index (κ3) is 4.99. The minimum atomic E-state index is -0.962. The number of methoxy groups -OCH3 is 1. The van der Waals surface area contributed by atoms with E-state index in [0.717, 1.165) is 0 Å². The van der Waals surface area contributed by atoms with Gasteiger partial charge in [0.1, 0.15) is 0 Å². The van der Waals surface area contributed by atoms with Crippen LogP contribution in [0.25, 0.3) is 0 Å². The van der Waals surface area contributed by atoms with Gasteiger partial charge >= 0.3 is 5.97 Å². The van der Waals surface area contributed by atoms with Gasteiger partial charge in [-0.15, -0.1) is 6.58 Å². The third-order valence-electron chi connectivity index (χ3n) is 2.76. The predicted octanol–water partition coefficient (Wildman–Crippen LogP) is 1.00. The number of rotatable bonds is 8. The van der Waals surface area contributed by atoms with Crippen LogP contribution in [-0.2, 0) is 14.3 Å². The van der Waals surface area contributed by atoms with Gasteiger partial charge in [-0.2, -0.15) is 0 Å². The molecule has 0 aromatic rings. The number of nitrogens with zero attached hydrogens (tertiary/aromatic N) is 1. The zero-order valence-electron chi connectivity index (χ0n) is 10.7. The fourth-order valence-electron chi connectivity index (χ4n) is 1.36. The lowest BCUT2D eigenvalue weighted by Crippen LogP contribution is -2.40. The highest BCUT2D eigenvalue weighted by atomic mass is 16.5. The highest BCUT2D eigenvalue weighted by Gasteiger charge is 2.28. The molecule has 0 aliphatic carbocycles. The monoisotopic (exact) mass is 243 g/mol. The van der Waals surface area contributed by atoms with E-state index in [1.165, 1.54) is 6.92 Å². The summed E-state index contributed by atoms with van der Waals surface area (Å²) in [4.78, 5) is 24.4. The molecule has 17 heavy (non-hydrogen) atoms. The van der Waals surface area contributed by atoms with E-state index in [9.17, 15) is 9.59 Å². The van der Waals surface area contributed by atoms with Crippen molar-refractivity contribution in [2.45, 2.75) is 13.8 Å². The van der Waals surface area contributed by atoms with E-state index in [1.807, 2.05) is 0 Å². The summed E-state index contributed by atoms with van der Waals surface area (Å²) in [5.41, 5.74) is 0. The minimum Gasteiger partial charge on any atom is -0.481 e. The van der Waals surface area contributed by atoms with Crippen LogP contribution in [0.2, 0.25) is 0 Å². The Morgan fingerprint density at radius 3 is 2.41 bits per heavy atom. The van der Waals surface area contributed by atoms with Gasteiger partial charge in [-0.25, -0.2) is 0 Å². The minimum absolute atomic E-state index is 0.183. The Hall–Kier alpha value is -1.36. The van der Waals surface area contributed by atoms with E-state index in [2.05, 4.69) is 6.58 Å². The number of hydrogen-bond acceptors (Lipinski definition) is 3. The molecule has 0 saturated heterocycles. The van der Waals surface area contributed by atoms with Crippen molar-refractivity contribution in [2.24, 2.45) is 11.8 Å². The zero-order chi connectivity index (χ0) is 13.4. The van der Waals surface area contributed by atoms with Gasteiger partial charge < -0.3 is 14.7 Å². The van der Waals surface area contributed by atoms with E-state index >= 15 is 0 Å². The lowest BCUT2D eigenvalue weighted by molar-refractivity contribution is -0.149. The third-order valence-corrected chi connectivity index (χ3v) is 2.76. The highest BCUT2D eigenvalue weighted by molar-refractivity contribution is 5.84. The van der Waals surface area contributed by atoms with Crippen LogP contribution in [0.3, 0.4) is 0 Å². The maximum absolute atomic E-state index is 12.0. The van der Waals surface area contributed by atoms with Crippen LogP contribution in [0.5, 0.6) is 0 Å². The molecule has 0 aromatic carbocycles. The van der Waals surface area contributed by atoms with E-state index in [4.69, 9.17) is 9.84 Å². The summed E-state index contributed by atoms with van der Waals surface area (Å²) in [6.45, 7) is 8.01. The normalized spacial score (nSPS) is 13.8. The number of carbonyl (C=O) groups is 2. The van der Waals surface area contributed by atoms with Gasteiger partial charge in [0, 0.05) is 26.1 Å². The van der Waals surface area contributed by atoms with E-state index in [0.29, 0.717) is 19.7 Å². The van der Waals surface area contributed by atoms with Crippen molar-refractivity contribution in [3.05, 3.63) is 12.7 Å². The average molecular weight is 243 g/mol. The first-order valence-corrected chi connectivity index (χ1v) is 5.57. The lowest BCUT2D eigenvalue weighted by atomic mass is 9.94. The Balaban J connectivity index is 4.58. The molecule has 0 rings (SSSR count). The fourth-order valence-corrected chi connectivity index (χ4v) is 1.36. The molecule has 0 aliphatic rings. The highest BCUT2D eigenvalue weighted by Crippen LogP contribution is 2.14.